The Kier molecular flexibility index (Phi) is 9.87. The van der Waals surface area contributed by atoms with Gasteiger partial charge in [0.05, 0.1) is 19.6 Å². The molecule has 0 unspecified atom stereocenters. The average Bonchev–Trinajstić information content (AvgIpc) is 3.01. The summed E-state index contributed by atoms with van der Waals surface area (Å²) in [6.07, 6.45) is 0. The van der Waals surface area contributed by atoms with Gasteiger partial charge in [0.15, 0.2) is 17.3 Å². The highest BCUT2D eigenvalue weighted by atomic mass is 16.3. The minimum absolute atomic E-state index is 0.156. The first-order valence-electron chi connectivity index (χ1n) is 15.2. The Hall–Kier alpha value is -5.04. The van der Waals surface area contributed by atoms with E-state index in [9.17, 15) is 44.1 Å². The lowest BCUT2D eigenvalue weighted by atomic mass is 9.95. The van der Waals surface area contributed by atoms with Crippen molar-refractivity contribution < 1.29 is 29.7 Å². The lowest BCUT2D eigenvalue weighted by molar-refractivity contribution is 0.0487. The zero-order valence-electron chi connectivity index (χ0n) is 27.7. The molecule has 0 radical (unpaired) electrons. The highest BCUT2D eigenvalue weighted by Crippen LogP contribution is 2.17. The van der Waals surface area contributed by atoms with Crippen LogP contribution in [0.15, 0.2) is 87.2 Å². The fourth-order valence-electron chi connectivity index (χ4n) is 5.13. The molecule has 0 aliphatic heterocycles. The molecular formula is C36H39N3O9. The van der Waals surface area contributed by atoms with Crippen LogP contribution in [0.2, 0.25) is 0 Å². The van der Waals surface area contributed by atoms with Gasteiger partial charge >= 0.3 is 17.1 Å². The number of hydrogen-bond donors (Lipinski definition) is 3. The molecule has 1 heterocycles. The van der Waals surface area contributed by atoms with Gasteiger partial charge in [0.1, 0.15) is 16.8 Å². The summed E-state index contributed by atoms with van der Waals surface area (Å²) in [4.78, 5) is 79.8. The Morgan fingerprint density at radius 1 is 0.479 bits per heavy atom. The molecule has 1 aromatic heterocycles. The van der Waals surface area contributed by atoms with Crippen molar-refractivity contribution in [1.82, 2.24) is 13.7 Å². The number of ketones is 3. The van der Waals surface area contributed by atoms with Crippen LogP contribution in [0.1, 0.15) is 89.3 Å². The molecule has 4 aromatic rings. The van der Waals surface area contributed by atoms with Gasteiger partial charge in [-0.15, -0.1) is 0 Å². The second-order valence-electron chi connectivity index (χ2n) is 13.4. The summed E-state index contributed by atoms with van der Waals surface area (Å²) in [5, 5.41) is 30.7. The second-order valence-corrected chi connectivity index (χ2v) is 13.4. The maximum absolute atomic E-state index is 13.9. The molecule has 0 fully saturated rings. The summed E-state index contributed by atoms with van der Waals surface area (Å²) in [7, 11) is 0. The molecule has 0 aliphatic rings. The SMILES string of the molecule is CC(C)(O)C(=O)c1cccc(Cn2c(=O)n(Cc3cccc(C(=O)C(C)(C)O)c3)c(=O)n(Cc3cccc(C(=O)C(C)(C)O)c3)c2=O)c1. The predicted octanol–water partition coefficient (Wildman–Crippen LogP) is 2.18. The number of rotatable bonds is 12. The smallest absolute Gasteiger partial charge is 0.336 e. The fraction of sp³-hybridized carbons (Fsp3) is 0.333. The minimum Gasteiger partial charge on any atom is -0.382 e. The molecule has 12 nitrogen and oxygen atoms in total. The quantitative estimate of drug-likeness (QED) is 0.193. The maximum atomic E-state index is 13.9. The van der Waals surface area contributed by atoms with E-state index in [1.54, 1.807) is 36.4 Å². The van der Waals surface area contributed by atoms with Crippen molar-refractivity contribution in [2.75, 3.05) is 0 Å². The molecular weight excluding hydrogens is 618 g/mol. The summed E-state index contributed by atoms with van der Waals surface area (Å²) in [5.74, 6) is -1.71. The molecule has 0 atom stereocenters. The van der Waals surface area contributed by atoms with E-state index in [1.807, 2.05) is 0 Å². The zero-order chi connectivity index (χ0) is 35.8. The van der Waals surface area contributed by atoms with Gasteiger partial charge in [0, 0.05) is 16.7 Å². The molecule has 4 rings (SSSR count). The van der Waals surface area contributed by atoms with Crippen molar-refractivity contribution in [2.24, 2.45) is 0 Å². The van der Waals surface area contributed by atoms with Crippen LogP contribution in [-0.2, 0) is 19.6 Å². The summed E-state index contributed by atoms with van der Waals surface area (Å²) < 4.78 is 2.52. The number of nitrogens with zero attached hydrogens (tertiary/aromatic N) is 3. The van der Waals surface area contributed by atoms with Crippen LogP contribution in [0, 0.1) is 0 Å². The third kappa shape index (κ3) is 7.91. The number of carbonyl (C=O) groups excluding carboxylic acids is 3. The summed E-state index contributed by atoms with van der Waals surface area (Å²) in [6, 6.07) is 18.2. The van der Waals surface area contributed by atoms with Crippen molar-refractivity contribution in [3.63, 3.8) is 0 Å². The summed E-state index contributed by atoms with van der Waals surface area (Å²) >= 11 is 0. The van der Waals surface area contributed by atoms with Crippen LogP contribution in [0.25, 0.3) is 0 Å². The molecule has 0 saturated heterocycles. The lowest BCUT2D eigenvalue weighted by Crippen LogP contribution is -2.54. The van der Waals surface area contributed by atoms with Crippen molar-refractivity contribution in [1.29, 1.82) is 0 Å². The number of carbonyl (C=O) groups is 3. The molecule has 3 aromatic carbocycles. The first kappa shape index (κ1) is 35.8. The Labute approximate surface area is 276 Å². The molecule has 0 aliphatic carbocycles. The van der Waals surface area contributed by atoms with Gasteiger partial charge in [0.25, 0.3) is 0 Å². The first-order valence-corrected chi connectivity index (χ1v) is 15.2. The monoisotopic (exact) mass is 657 g/mol. The molecule has 3 N–H and O–H groups in total. The van der Waals surface area contributed by atoms with Gasteiger partial charge in [-0.2, -0.15) is 0 Å². The molecule has 0 amide bonds. The average molecular weight is 658 g/mol. The number of hydrogen-bond acceptors (Lipinski definition) is 9. The molecule has 12 heteroatoms. The fourth-order valence-corrected chi connectivity index (χ4v) is 5.13. The number of aliphatic hydroxyl groups is 3. The van der Waals surface area contributed by atoms with E-state index >= 15 is 0 Å². The van der Waals surface area contributed by atoms with E-state index in [2.05, 4.69) is 0 Å². The Bertz CT molecular complexity index is 1820. The normalized spacial score (nSPS) is 12.2. The third-order valence-corrected chi connectivity index (χ3v) is 7.64. The van der Waals surface area contributed by atoms with Crippen LogP contribution < -0.4 is 17.1 Å². The van der Waals surface area contributed by atoms with Crippen molar-refractivity contribution in [3.05, 3.63) is 138 Å². The summed E-state index contributed by atoms with van der Waals surface area (Å²) in [5.41, 5.74) is -6.28. The molecule has 0 saturated carbocycles. The van der Waals surface area contributed by atoms with Gasteiger partial charge in [0.2, 0.25) is 0 Å². The van der Waals surface area contributed by atoms with E-state index in [1.165, 1.54) is 77.9 Å². The molecule has 0 spiro atoms. The van der Waals surface area contributed by atoms with Crippen LogP contribution in [0.4, 0.5) is 0 Å². The molecule has 48 heavy (non-hydrogen) atoms. The largest absolute Gasteiger partial charge is 0.382 e. The standard InChI is InChI=1S/C36H39N3O9/c1-34(2,46)28(40)25-13-7-10-22(16-25)19-37-31(43)38(20-23-11-8-14-26(17-23)29(41)35(3,4)47)33(45)39(32(37)44)21-24-12-9-15-27(18-24)30(42)36(5,6)48/h7-18,46-48H,19-21H2,1-6H3. The predicted molar refractivity (Wildman–Crippen MR) is 178 cm³/mol. The van der Waals surface area contributed by atoms with Crippen molar-refractivity contribution >= 4 is 17.3 Å². The topological polar surface area (TPSA) is 178 Å². The van der Waals surface area contributed by atoms with Crippen LogP contribution in [0.5, 0.6) is 0 Å². The maximum Gasteiger partial charge on any atom is 0.336 e. The van der Waals surface area contributed by atoms with Gasteiger partial charge in [-0.1, -0.05) is 54.6 Å². The van der Waals surface area contributed by atoms with Crippen molar-refractivity contribution in [3.8, 4) is 0 Å². The van der Waals surface area contributed by atoms with Crippen LogP contribution in [0.3, 0.4) is 0 Å². The third-order valence-electron chi connectivity index (χ3n) is 7.64. The molecule has 0 bridgehead atoms. The number of benzene rings is 3. The van der Waals surface area contributed by atoms with E-state index < -0.39 is 51.2 Å². The zero-order valence-corrected chi connectivity index (χ0v) is 27.7. The highest BCUT2D eigenvalue weighted by Gasteiger charge is 2.28. The first-order chi connectivity index (χ1) is 22.2. The van der Waals surface area contributed by atoms with Gasteiger partial charge in [-0.3, -0.25) is 14.4 Å². The number of aromatic nitrogens is 3. The number of Topliss-reactive ketones (excluding diaryl/α,β-unsaturated/α-hetero) is 3. The second kappa shape index (κ2) is 13.2. The minimum atomic E-state index is -1.67. The van der Waals surface area contributed by atoms with Crippen LogP contribution in [-0.4, -0.2) is 63.2 Å². The lowest BCUT2D eigenvalue weighted by Gasteiger charge is -2.18. The van der Waals surface area contributed by atoms with E-state index in [4.69, 9.17) is 0 Å². The Morgan fingerprint density at radius 2 is 0.708 bits per heavy atom. The van der Waals surface area contributed by atoms with Gasteiger partial charge < -0.3 is 15.3 Å². The van der Waals surface area contributed by atoms with Crippen molar-refractivity contribution in [2.45, 2.75) is 78.0 Å². The highest BCUT2D eigenvalue weighted by molar-refractivity contribution is 6.02. The van der Waals surface area contributed by atoms with E-state index in [0.29, 0.717) is 16.7 Å². The van der Waals surface area contributed by atoms with Gasteiger partial charge in [-0.05, 0) is 76.4 Å². The summed E-state index contributed by atoms with van der Waals surface area (Å²) in [6.45, 7) is 7.05. The Balaban J connectivity index is 1.87. The van der Waals surface area contributed by atoms with E-state index in [-0.39, 0.29) is 36.3 Å². The van der Waals surface area contributed by atoms with Gasteiger partial charge in [-0.25, -0.2) is 28.1 Å². The van der Waals surface area contributed by atoms with E-state index in [0.717, 1.165) is 13.7 Å². The Morgan fingerprint density at radius 3 is 0.917 bits per heavy atom. The van der Waals surface area contributed by atoms with Crippen LogP contribution >= 0.6 is 0 Å². The molecule has 252 valence electrons.